The standard InChI is InChI=1S/C23H28N8O4/c1-34-22-15(16-12-31(30-19(16)10-24)11-14-5-2-3-8-35-14)6-4-7-17(22)29-18(21(26)23(27)33)9-20(25)28-13-32/h4,6-7,9,12-14,29H,2-3,5,8,11,25-26H2,1H3,(H2,27,33)(H,28,32)/b20-9+,21-18+. The molecule has 2 aromatic rings. The van der Waals surface area contributed by atoms with Gasteiger partial charge in [-0.25, -0.2) is 0 Å². The Labute approximate surface area is 202 Å². The molecular formula is C23H28N8O4. The first kappa shape index (κ1) is 25.1. The predicted molar refractivity (Wildman–Crippen MR) is 128 cm³/mol. The summed E-state index contributed by atoms with van der Waals surface area (Å²) < 4.78 is 13.1. The smallest absolute Gasteiger partial charge is 0.266 e. The maximum Gasteiger partial charge on any atom is 0.266 e. The van der Waals surface area contributed by atoms with Crippen LogP contribution in [-0.2, 0) is 20.9 Å². The minimum atomic E-state index is -0.893. The van der Waals surface area contributed by atoms with Gasteiger partial charge in [0.1, 0.15) is 23.3 Å². The van der Waals surface area contributed by atoms with Crippen LogP contribution in [0.25, 0.3) is 11.1 Å². The summed E-state index contributed by atoms with van der Waals surface area (Å²) >= 11 is 0. The number of amides is 2. The van der Waals surface area contributed by atoms with E-state index in [1.807, 2.05) is 0 Å². The average molecular weight is 481 g/mol. The van der Waals surface area contributed by atoms with Gasteiger partial charge in [0.25, 0.3) is 5.91 Å². The minimum Gasteiger partial charge on any atom is -0.494 e. The number of carbonyl (C=O) groups excluding carboxylic acids is 2. The van der Waals surface area contributed by atoms with Gasteiger partial charge >= 0.3 is 0 Å². The normalized spacial score (nSPS) is 16.6. The number of ether oxygens (including phenoxy) is 2. The molecule has 0 saturated carbocycles. The Balaban J connectivity index is 2.01. The lowest BCUT2D eigenvalue weighted by Gasteiger charge is -2.22. The van der Waals surface area contributed by atoms with Crippen molar-refractivity contribution in [1.82, 2.24) is 15.1 Å². The molecule has 1 fully saturated rings. The number of allylic oxidation sites excluding steroid dienone is 1. The van der Waals surface area contributed by atoms with Gasteiger partial charge < -0.3 is 37.3 Å². The van der Waals surface area contributed by atoms with Crippen molar-refractivity contribution in [3.63, 3.8) is 0 Å². The van der Waals surface area contributed by atoms with Crippen molar-refractivity contribution in [2.45, 2.75) is 31.9 Å². The molecule has 3 rings (SSSR count). The fourth-order valence-electron chi connectivity index (χ4n) is 3.75. The van der Waals surface area contributed by atoms with Gasteiger partial charge in [0, 0.05) is 30.0 Å². The van der Waals surface area contributed by atoms with Crippen molar-refractivity contribution < 1.29 is 19.1 Å². The van der Waals surface area contributed by atoms with Crippen LogP contribution in [0, 0.1) is 11.3 Å². The van der Waals surface area contributed by atoms with Gasteiger partial charge in [0.05, 0.1) is 31.1 Å². The summed E-state index contributed by atoms with van der Waals surface area (Å²) in [5, 5.41) is 19.4. The minimum absolute atomic E-state index is 0.0413. The molecule has 0 bridgehead atoms. The Kier molecular flexibility index (Phi) is 8.31. The van der Waals surface area contributed by atoms with Crippen molar-refractivity contribution >= 4 is 18.0 Å². The molecule has 2 heterocycles. The van der Waals surface area contributed by atoms with Crippen LogP contribution >= 0.6 is 0 Å². The molecular weight excluding hydrogens is 452 g/mol. The number of nitrogens with two attached hydrogens (primary N) is 3. The Morgan fingerprint density at radius 3 is 2.77 bits per heavy atom. The molecule has 8 N–H and O–H groups in total. The number of hydrogen-bond acceptors (Lipinski definition) is 9. The van der Waals surface area contributed by atoms with Crippen LogP contribution in [0.1, 0.15) is 25.0 Å². The largest absolute Gasteiger partial charge is 0.494 e. The number of nitriles is 1. The quantitative estimate of drug-likeness (QED) is 0.184. The van der Waals surface area contributed by atoms with E-state index in [1.165, 1.54) is 13.2 Å². The highest BCUT2D eigenvalue weighted by Crippen LogP contribution is 2.38. The molecule has 1 atom stereocenters. The molecule has 1 aliphatic rings. The van der Waals surface area contributed by atoms with Gasteiger partial charge in [0.2, 0.25) is 6.41 Å². The van der Waals surface area contributed by atoms with Crippen LogP contribution in [0.5, 0.6) is 5.75 Å². The second-order valence-corrected chi connectivity index (χ2v) is 7.78. The van der Waals surface area contributed by atoms with Gasteiger partial charge in [-0.05, 0) is 25.3 Å². The van der Waals surface area contributed by atoms with E-state index in [1.54, 1.807) is 29.1 Å². The summed E-state index contributed by atoms with van der Waals surface area (Å²) in [5.41, 5.74) is 18.4. The zero-order chi connectivity index (χ0) is 25.4. The topological polar surface area (TPSA) is 196 Å². The number of nitrogens with one attached hydrogen (secondary N) is 2. The number of para-hydroxylation sites is 1. The van der Waals surface area contributed by atoms with Crippen LogP contribution in [-0.4, -0.2) is 41.9 Å². The fraction of sp³-hybridized carbons (Fsp3) is 0.304. The highest BCUT2D eigenvalue weighted by molar-refractivity contribution is 5.93. The van der Waals surface area contributed by atoms with Crippen molar-refractivity contribution in [3.8, 4) is 22.9 Å². The molecule has 2 amide bonds. The van der Waals surface area contributed by atoms with E-state index in [0.717, 1.165) is 25.9 Å². The second-order valence-electron chi connectivity index (χ2n) is 7.78. The van der Waals surface area contributed by atoms with Gasteiger partial charge in [-0.3, -0.25) is 14.3 Å². The van der Waals surface area contributed by atoms with Crippen LogP contribution in [0.2, 0.25) is 0 Å². The number of methoxy groups -OCH3 is 1. The number of aromatic nitrogens is 2. The third-order valence-electron chi connectivity index (χ3n) is 5.39. The highest BCUT2D eigenvalue weighted by atomic mass is 16.5. The molecule has 184 valence electrons. The van der Waals surface area contributed by atoms with Gasteiger partial charge in [0.15, 0.2) is 5.69 Å². The van der Waals surface area contributed by atoms with E-state index in [-0.39, 0.29) is 29.0 Å². The summed E-state index contributed by atoms with van der Waals surface area (Å²) in [6, 6.07) is 7.32. The molecule has 0 spiro atoms. The zero-order valence-corrected chi connectivity index (χ0v) is 19.3. The molecule has 0 aliphatic carbocycles. The maximum atomic E-state index is 11.7. The summed E-state index contributed by atoms with van der Waals surface area (Å²) in [5.74, 6) is -0.599. The first-order chi connectivity index (χ1) is 16.9. The van der Waals surface area contributed by atoms with Gasteiger partial charge in [-0.1, -0.05) is 12.1 Å². The summed E-state index contributed by atoms with van der Waals surface area (Å²) in [4.78, 5) is 22.4. The van der Waals surface area contributed by atoms with E-state index in [2.05, 4.69) is 21.8 Å². The van der Waals surface area contributed by atoms with Crippen molar-refractivity contribution in [1.29, 1.82) is 5.26 Å². The number of nitrogens with zero attached hydrogens (tertiary/aromatic N) is 3. The predicted octanol–water partition coefficient (Wildman–Crippen LogP) is 0.613. The van der Waals surface area contributed by atoms with E-state index >= 15 is 0 Å². The number of rotatable bonds is 10. The Hall–Kier alpha value is -4.50. The molecule has 35 heavy (non-hydrogen) atoms. The number of primary amides is 1. The summed E-state index contributed by atoms with van der Waals surface area (Å²) in [6.07, 6.45) is 6.53. The highest BCUT2D eigenvalue weighted by Gasteiger charge is 2.21. The molecule has 0 radical (unpaired) electrons. The van der Waals surface area contributed by atoms with Gasteiger partial charge in [-0.2, -0.15) is 10.4 Å². The van der Waals surface area contributed by atoms with Crippen molar-refractivity contribution in [2.75, 3.05) is 19.0 Å². The van der Waals surface area contributed by atoms with Crippen LogP contribution in [0.3, 0.4) is 0 Å². The number of benzene rings is 1. The Morgan fingerprint density at radius 2 is 2.14 bits per heavy atom. The van der Waals surface area contributed by atoms with Crippen molar-refractivity contribution in [2.24, 2.45) is 17.2 Å². The first-order valence-electron chi connectivity index (χ1n) is 10.9. The molecule has 1 aromatic heterocycles. The fourth-order valence-corrected chi connectivity index (χ4v) is 3.75. The maximum absolute atomic E-state index is 11.7. The van der Waals surface area contributed by atoms with Crippen LogP contribution in [0.4, 0.5) is 5.69 Å². The SMILES string of the molecule is COc1c(NC(/C=C(\N)NC=O)=C(/N)C(N)=O)cccc1-c1cn(CC2CCCCO2)nc1C#N. The number of carbonyl (C=O) groups is 2. The molecule has 12 heteroatoms. The molecule has 1 unspecified atom stereocenters. The van der Waals surface area contributed by atoms with E-state index in [4.69, 9.17) is 26.7 Å². The number of anilines is 1. The van der Waals surface area contributed by atoms with Gasteiger partial charge in [-0.15, -0.1) is 0 Å². The Morgan fingerprint density at radius 1 is 1.34 bits per heavy atom. The second kappa shape index (κ2) is 11.6. The average Bonchev–Trinajstić information content (AvgIpc) is 3.26. The first-order valence-corrected chi connectivity index (χ1v) is 10.9. The lowest BCUT2D eigenvalue weighted by Crippen LogP contribution is -2.25. The lowest BCUT2D eigenvalue weighted by atomic mass is 10.0. The Bertz CT molecular complexity index is 1190. The van der Waals surface area contributed by atoms with E-state index < -0.39 is 5.91 Å². The molecule has 12 nitrogen and oxygen atoms in total. The molecule has 1 saturated heterocycles. The summed E-state index contributed by atoms with van der Waals surface area (Å²) in [7, 11) is 1.47. The molecule has 1 aromatic carbocycles. The van der Waals surface area contributed by atoms with E-state index in [0.29, 0.717) is 35.5 Å². The van der Waals surface area contributed by atoms with Crippen LogP contribution < -0.4 is 32.6 Å². The summed E-state index contributed by atoms with van der Waals surface area (Å²) in [6.45, 7) is 1.25. The molecule has 1 aliphatic heterocycles. The van der Waals surface area contributed by atoms with Crippen molar-refractivity contribution in [3.05, 3.63) is 53.4 Å². The zero-order valence-electron chi connectivity index (χ0n) is 19.3. The third kappa shape index (κ3) is 6.10. The number of hydrogen-bond donors (Lipinski definition) is 5. The third-order valence-corrected chi connectivity index (χ3v) is 5.39. The monoisotopic (exact) mass is 480 g/mol. The van der Waals surface area contributed by atoms with E-state index in [9.17, 15) is 14.9 Å². The lowest BCUT2D eigenvalue weighted by molar-refractivity contribution is -0.114. The van der Waals surface area contributed by atoms with Crippen LogP contribution in [0.15, 0.2) is 47.7 Å².